The van der Waals surface area contributed by atoms with Crippen LogP contribution in [0.1, 0.15) is 37.8 Å². The van der Waals surface area contributed by atoms with Gasteiger partial charge >= 0.3 is 0 Å². The van der Waals surface area contributed by atoms with E-state index in [4.69, 9.17) is 11.6 Å². The first kappa shape index (κ1) is 10.5. The minimum Gasteiger partial charge on any atom is -0.207 e. The monoisotopic (exact) mass is 200 g/mol. The highest BCUT2D eigenvalue weighted by atomic mass is 35.5. The molecule has 0 aromatic heterocycles. The molecule has 1 aromatic rings. The summed E-state index contributed by atoms with van der Waals surface area (Å²) >= 11 is 5.98. The summed E-state index contributed by atoms with van der Waals surface area (Å²) in [5.41, 5.74) is 1.57. The second-order valence-corrected chi connectivity index (χ2v) is 3.88. The van der Waals surface area contributed by atoms with E-state index in [9.17, 15) is 4.39 Å². The highest BCUT2D eigenvalue weighted by Gasteiger charge is 2.09. The van der Waals surface area contributed by atoms with Crippen LogP contribution in [0.5, 0.6) is 0 Å². The van der Waals surface area contributed by atoms with Crippen molar-refractivity contribution in [3.63, 3.8) is 0 Å². The van der Waals surface area contributed by atoms with Crippen molar-refractivity contribution in [3.05, 3.63) is 34.1 Å². The van der Waals surface area contributed by atoms with Gasteiger partial charge in [0.1, 0.15) is 5.82 Å². The lowest BCUT2D eigenvalue weighted by atomic mass is 10.00. The van der Waals surface area contributed by atoms with Gasteiger partial charge in [0.25, 0.3) is 0 Å². The normalized spacial score (nSPS) is 10.9. The molecule has 0 atom stereocenters. The lowest BCUT2D eigenvalue weighted by Gasteiger charge is -2.10. The van der Waals surface area contributed by atoms with Crippen LogP contribution < -0.4 is 0 Å². The Hall–Kier alpha value is -0.560. The van der Waals surface area contributed by atoms with E-state index in [0.717, 1.165) is 12.0 Å². The topological polar surface area (TPSA) is 0 Å². The number of halogens is 2. The van der Waals surface area contributed by atoms with E-state index in [2.05, 4.69) is 0 Å². The maximum absolute atomic E-state index is 13.4. The van der Waals surface area contributed by atoms with Crippen LogP contribution in [0, 0.1) is 5.82 Å². The Morgan fingerprint density at radius 3 is 2.46 bits per heavy atom. The Balaban J connectivity index is 3.20. The van der Waals surface area contributed by atoms with Crippen molar-refractivity contribution >= 4 is 11.6 Å². The zero-order chi connectivity index (χ0) is 10.0. The van der Waals surface area contributed by atoms with Gasteiger partial charge in [-0.3, -0.25) is 0 Å². The van der Waals surface area contributed by atoms with Gasteiger partial charge in [0.05, 0.1) is 0 Å². The maximum Gasteiger partial charge on any atom is 0.127 e. The van der Waals surface area contributed by atoms with Crippen molar-refractivity contribution in [2.75, 3.05) is 0 Å². The van der Waals surface area contributed by atoms with Crippen molar-refractivity contribution < 1.29 is 4.39 Å². The van der Waals surface area contributed by atoms with E-state index in [0.29, 0.717) is 10.6 Å². The highest BCUT2D eigenvalue weighted by Crippen LogP contribution is 2.26. The second kappa shape index (κ2) is 4.10. The number of hydrogen-bond donors (Lipinski definition) is 0. The SMILES string of the molecule is CCc1cc(F)c(C(C)C)cc1Cl. The van der Waals surface area contributed by atoms with Crippen LogP contribution in [-0.2, 0) is 6.42 Å². The van der Waals surface area contributed by atoms with Crippen LogP contribution >= 0.6 is 11.6 Å². The van der Waals surface area contributed by atoms with E-state index >= 15 is 0 Å². The van der Waals surface area contributed by atoms with E-state index in [1.54, 1.807) is 6.07 Å². The van der Waals surface area contributed by atoms with E-state index < -0.39 is 0 Å². The molecule has 0 bridgehead atoms. The van der Waals surface area contributed by atoms with Gasteiger partial charge in [0, 0.05) is 5.02 Å². The van der Waals surface area contributed by atoms with Gasteiger partial charge in [-0.1, -0.05) is 32.4 Å². The van der Waals surface area contributed by atoms with E-state index in [-0.39, 0.29) is 11.7 Å². The molecule has 0 N–H and O–H groups in total. The molecule has 0 aliphatic carbocycles. The van der Waals surface area contributed by atoms with Crippen LogP contribution in [0.2, 0.25) is 5.02 Å². The van der Waals surface area contributed by atoms with Crippen molar-refractivity contribution in [2.24, 2.45) is 0 Å². The minimum atomic E-state index is -0.142. The zero-order valence-corrected chi connectivity index (χ0v) is 8.95. The highest BCUT2D eigenvalue weighted by molar-refractivity contribution is 6.31. The number of hydrogen-bond acceptors (Lipinski definition) is 0. The number of rotatable bonds is 2. The molecular formula is C11H14ClF. The molecule has 0 amide bonds. The van der Waals surface area contributed by atoms with E-state index in [1.165, 1.54) is 6.07 Å². The third-order valence-corrected chi connectivity index (χ3v) is 2.52. The summed E-state index contributed by atoms with van der Waals surface area (Å²) in [5.74, 6) is 0.0413. The number of aryl methyl sites for hydroxylation is 1. The molecule has 0 aliphatic heterocycles. The predicted molar refractivity (Wildman–Crippen MR) is 54.9 cm³/mol. The average Bonchev–Trinajstić information content (AvgIpc) is 2.07. The summed E-state index contributed by atoms with van der Waals surface area (Å²) in [6, 6.07) is 3.28. The fourth-order valence-corrected chi connectivity index (χ4v) is 1.62. The molecule has 0 nitrogen and oxygen atoms in total. The third-order valence-electron chi connectivity index (χ3n) is 2.17. The standard InChI is InChI=1S/C11H14ClF/c1-4-8-5-11(13)9(7(2)3)6-10(8)12/h5-7H,4H2,1-3H3. The molecule has 0 aliphatic rings. The Labute approximate surface area is 83.7 Å². The van der Waals surface area contributed by atoms with Crippen LogP contribution in [0.15, 0.2) is 12.1 Å². The Morgan fingerprint density at radius 2 is 2.00 bits per heavy atom. The van der Waals surface area contributed by atoms with Crippen molar-refractivity contribution in [3.8, 4) is 0 Å². The van der Waals surface area contributed by atoms with Crippen LogP contribution in [0.25, 0.3) is 0 Å². The van der Waals surface area contributed by atoms with E-state index in [1.807, 2.05) is 20.8 Å². The molecule has 1 aromatic carbocycles. The molecule has 72 valence electrons. The third kappa shape index (κ3) is 2.22. The Morgan fingerprint density at radius 1 is 1.38 bits per heavy atom. The molecule has 0 radical (unpaired) electrons. The maximum atomic E-state index is 13.4. The smallest absolute Gasteiger partial charge is 0.127 e. The fraction of sp³-hybridized carbons (Fsp3) is 0.455. The van der Waals surface area contributed by atoms with Crippen molar-refractivity contribution in [2.45, 2.75) is 33.1 Å². The average molecular weight is 201 g/mol. The summed E-state index contributed by atoms with van der Waals surface area (Å²) in [5, 5.41) is 0.674. The lowest BCUT2D eigenvalue weighted by Crippen LogP contribution is -1.95. The van der Waals surface area contributed by atoms with Crippen LogP contribution in [0.3, 0.4) is 0 Å². The van der Waals surface area contributed by atoms with Gasteiger partial charge in [-0.25, -0.2) is 4.39 Å². The van der Waals surface area contributed by atoms with Gasteiger partial charge in [0.2, 0.25) is 0 Å². The summed E-state index contributed by atoms with van der Waals surface area (Å²) < 4.78 is 13.4. The first-order valence-corrected chi connectivity index (χ1v) is 4.91. The molecular weight excluding hydrogens is 187 g/mol. The molecule has 1 rings (SSSR count). The van der Waals surface area contributed by atoms with Gasteiger partial charge in [-0.05, 0) is 35.6 Å². The van der Waals surface area contributed by atoms with Gasteiger partial charge in [0.15, 0.2) is 0 Å². The fourth-order valence-electron chi connectivity index (χ4n) is 1.32. The zero-order valence-electron chi connectivity index (χ0n) is 8.20. The van der Waals surface area contributed by atoms with Crippen molar-refractivity contribution in [1.29, 1.82) is 0 Å². The Kier molecular flexibility index (Phi) is 3.32. The summed E-state index contributed by atoms with van der Waals surface area (Å²) in [6.45, 7) is 5.89. The molecule has 0 spiro atoms. The summed E-state index contributed by atoms with van der Waals surface area (Å²) in [7, 11) is 0. The van der Waals surface area contributed by atoms with Gasteiger partial charge < -0.3 is 0 Å². The molecule has 2 heteroatoms. The second-order valence-electron chi connectivity index (χ2n) is 3.47. The molecule has 0 saturated heterocycles. The minimum absolute atomic E-state index is 0.142. The summed E-state index contributed by atoms with van der Waals surface area (Å²) in [4.78, 5) is 0. The first-order valence-electron chi connectivity index (χ1n) is 4.54. The molecule has 0 heterocycles. The first-order chi connectivity index (χ1) is 6.06. The Bertz CT molecular complexity index is 305. The van der Waals surface area contributed by atoms with Crippen LogP contribution in [-0.4, -0.2) is 0 Å². The molecule has 0 unspecified atom stereocenters. The van der Waals surface area contributed by atoms with Gasteiger partial charge in [-0.2, -0.15) is 0 Å². The largest absolute Gasteiger partial charge is 0.207 e. The van der Waals surface area contributed by atoms with Gasteiger partial charge in [-0.15, -0.1) is 0 Å². The van der Waals surface area contributed by atoms with Crippen molar-refractivity contribution in [1.82, 2.24) is 0 Å². The molecule has 0 saturated carbocycles. The van der Waals surface area contributed by atoms with Crippen LogP contribution in [0.4, 0.5) is 4.39 Å². The molecule has 13 heavy (non-hydrogen) atoms. The predicted octanol–water partition coefficient (Wildman–Crippen LogP) is 4.16. The number of benzene rings is 1. The lowest BCUT2D eigenvalue weighted by molar-refractivity contribution is 0.596. The molecule has 0 fully saturated rings. The summed E-state index contributed by atoms with van der Waals surface area (Å²) in [6.07, 6.45) is 0.772. The quantitative estimate of drug-likeness (QED) is 0.673.